The standard InChI is InChI=1S/C26H26F2N6O4/c27-13-21(14-28)38-20-3-4-23-22(12-20)25(36)32(26(37)34(23)19-6-10-31(17-35)11-7-19)16-18-2-5-24(29-15-18)33-9-1-8-30-33/h1-5,8-9,12,15,17,19,21H,6-7,10-11,13-14,16H2. The summed E-state index contributed by atoms with van der Waals surface area (Å²) in [5, 5.41) is 4.33. The van der Waals surface area contributed by atoms with Gasteiger partial charge in [0.05, 0.1) is 17.4 Å². The SMILES string of the molecule is O=CN1CCC(n2c(=O)n(Cc3ccc(-n4cccn4)nc3)c(=O)c3cc(OC(CF)CF)ccc32)CC1. The first-order valence-electron chi connectivity index (χ1n) is 12.2. The average Bonchev–Trinajstić information content (AvgIpc) is 3.50. The number of carbonyl (C=O) groups excluding carboxylic acids is 1. The summed E-state index contributed by atoms with van der Waals surface area (Å²) in [5.74, 6) is 0.716. The van der Waals surface area contributed by atoms with Crippen molar-refractivity contribution in [2.45, 2.75) is 31.5 Å². The van der Waals surface area contributed by atoms with E-state index in [1.165, 1.54) is 12.1 Å². The normalized spacial score (nSPS) is 14.3. The van der Waals surface area contributed by atoms with Crippen molar-refractivity contribution in [3.63, 3.8) is 0 Å². The number of likely N-dealkylation sites (tertiary alicyclic amines) is 1. The van der Waals surface area contributed by atoms with Crippen LogP contribution in [0.15, 0.2) is 64.6 Å². The number of piperidine rings is 1. The lowest BCUT2D eigenvalue weighted by Gasteiger charge is -2.31. The molecule has 3 aromatic heterocycles. The zero-order valence-corrected chi connectivity index (χ0v) is 20.5. The minimum atomic E-state index is -1.28. The van der Waals surface area contributed by atoms with Crippen LogP contribution in [-0.2, 0) is 11.3 Å². The smallest absolute Gasteiger partial charge is 0.332 e. The maximum Gasteiger partial charge on any atom is 0.332 e. The highest BCUT2D eigenvalue weighted by molar-refractivity contribution is 5.80. The Morgan fingerprint density at radius 2 is 1.89 bits per heavy atom. The molecule has 5 rings (SSSR count). The summed E-state index contributed by atoms with van der Waals surface area (Å²) in [6, 6.07) is 9.51. The van der Waals surface area contributed by atoms with Gasteiger partial charge in [0.2, 0.25) is 6.41 Å². The van der Waals surface area contributed by atoms with Crippen molar-refractivity contribution >= 4 is 17.3 Å². The maximum absolute atomic E-state index is 13.7. The molecule has 0 aliphatic carbocycles. The Balaban J connectivity index is 1.58. The summed E-state index contributed by atoms with van der Waals surface area (Å²) in [7, 11) is 0. The van der Waals surface area contributed by atoms with Crippen LogP contribution in [0, 0.1) is 0 Å². The highest BCUT2D eigenvalue weighted by atomic mass is 19.1. The molecule has 0 N–H and O–H groups in total. The quantitative estimate of drug-likeness (QED) is 0.311. The second-order valence-corrected chi connectivity index (χ2v) is 9.12. The number of hydrogen-bond acceptors (Lipinski definition) is 6. The minimum Gasteiger partial charge on any atom is -0.485 e. The van der Waals surface area contributed by atoms with Gasteiger partial charge in [0, 0.05) is 37.7 Å². The topological polar surface area (TPSA) is 104 Å². The van der Waals surface area contributed by atoms with Crippen LogP contribution >= 0.6 is 0 Å². The van der Waals surface area contributed by atoms with Gasteiger partial charge in [-0.25, -0.2) is 23.2 Å². The zero-order valence-electron chi connectivity index (χ0n) is 20.5. The number of benzene rings is 1. The Labute approximate surface area is 215 Å². The number of amides is 1. The monoisotopic (exact) mass is 524 g/mol. The van der Waals surface area contributed by atoms with Crippen LogP contribution in [0.1, 0.15) is 24.4 Å². The fourth-order valence-electron chi connectivity index (χ4n) is 4.71. The molecular formula is C26H26F2N6O4. The van der Waals surface area contributed by atoms with Crippen molar-refractivity contribution in [2.24, 2.45) is 0 Å². The highest BCUT2D eigenvalue weighted by Gasteiger charge is 2.25. The number of rotatable bonds is 9. The summed E-state index contributed by atoms with van der Waals surface area (Å²) in [6.45, 7) is -1.11. The first kappa shape index (κ1) is 25.3. The molecule has 0 bridgehead atoms. The van der Waals surface area contributed by atoms with Gasteiger partial charge in [0.1, 0.15) is 19.1 Å². The molecule has 1 fully saturated rings. The van der Waals surface area contributed by atoms with Gasteiger partial charge >= 0.3 is 5.69 Å². The fourth-order valence-corrected chi connectivity index (χ4v) is 4.71. The molecule has 38 heavy (non-hydrogen) atoms. The molecule has 1 aromatic carbocycles. The molecule has 0 spiro atoms. The van der Waals surface area contributed by atoms with Crippen LogP contribution in [0.3, 0.4) is 0 Å². The molecule has 10 nitrogen and oxygen atoms in total. The van der Waals surface area contributed by atoms with E-state index in [0.29, 0.717) is 42.8 Å². The third-order valence-electron chi connectivity index (χ3n) is 6.69. The molecule has 1 aliphatic heterocycles. The molecule has 4 aromatic rings. The number of halogens is 2. The van der Waals surface area contributed by atoms with E-state index in [0.717, 1.165) is 11.0 Å². The van der Waals surface area contributed by atoms with E-state index < -0.39 is 30.7 Å². The molecule has 1 amide bonds. The lowest BCUT2D eigenvalue weighted by Crippen LogP contribution is -2.44. The molecule has 0 atom stereocenters. The lowest BCUT2D eigenvalue weighted by atomic mass is 10.0. The molecule has 12 heteroatoms. The van der Waals surface area contributed by atoms with Crippen LogP contribution in [0.5, 0.6) is 5.75 Å². The van der Waals surface area contributed by atoms with Crippen molar-refractivity contribution in [1.82, 2.24) is 28.8 Å². The average molecular weight is 525 g/mol. The summed E-state index contributed by atoms with van der Waals surface area (Å²) in [6.07, 6.45) is 5.54. The van der Waals surface area contributed by atoms with Gasteiger partial charge in [-0.2, -0.15) is 5.10 Å². The predicted octanol–water partition coefficient (Wildman–Crippen LogP) is 2.27. The molecule has 4 heterocycles. The number of pyridine rings is 1. The Kier molecular flexibility index (Phi) is 7.29. The molecule has 0 unspecified atom stereocenters. The number of alkyl halides is 2. The second kappa shape index (κ2) is 11.0. The first-order chi connectivity index (χ1) is 18.5. The molecule has 0 saturated carbocycles. The predicted molar refractivity (Wildman–Crippen MR) is 135 cm³/mol. The largest absolute Gasteiger partial charge is 0.485 e. The summed E-state index contributed by atoms with van der Waals surface area (Å²) < 4.78 is 35.8. The van der Waals surface area contributed by atoms with Gasteiger partial charge in [0.15, 0.2) is 11.9 Å². The minimum absolute atomic E-state index is 0.0319. The van der Waals surface area contributed by atoms with Gasteiger partial charge in [-0.3, -0.25) is 18.7 Å². The molecular weight excluding hydrogens is 498 g/mol. The van der Waals surface area contributed by atoms with Gasteiger partial charge < -0.3 is 9.64 Å². The summed E-state index contributed by atoms with van der Waals surface area (Å²) in [5.41, 5.74) is -0.00560. The van der Waals surface area contributed by atoms with Crippen molar-refractivity contribution < 1.29 is 18.3 Å². The molecule has 198 valence electrons. The van der Waals surface area contributed by atoms with Crippen molar-refractivity contribution in [3.05, 3.63) is 81.4 Å². The van der Waals surface area contributed by atoms with E-state index in [9.17, 15) is 23.2 Å². The third kappa shape index (κ3) is 4.93. The lowest BCUT2D eigenvalue weighted by molar-refractivity contribution is -0.119. The van der Waals surface area contributed by atoms with Gasteiger partial charge in [-0.05, 0) is 48.7 Å². The Morgan fingerprint density at radius 3 is 2.53 bits per heavy atom. The van der Waals surface area contributed by atoms with Crippen LogP contribution in [0.4, 0.5) is 8.78 Å². The van der Waals surface area contributed by atoms with E-state index >= 15 is 0 Å². The van der Waals surface area contributed by atoms with Gasteiger partial charge in [-0.15, -0.1) is 0 Å². The van der Waals surface area contributed by atoms with Crippen molar-refractivity contribution in [3.8, 4) is 11.6 Å². The van der Waals surface area contributed by atoms with Crippen LogP contribution < -0.4 is 16.0 Å². The van der Waals surface area contributed by atoms with Crippen molar-refractivity contribution in [1.29, 1.82) is 0 Å². The molecule has 1 aliphatic rings. The zero-order chi connectivity index (χ0) is 26.6. The molecule has 0 radical (unpaired) electrons. The van der Waals surface area contributed by atoms with E-state index in [4.69, 9.17) is 4.74 Å². The molecule has 1 saturated heterocycles. The first-order valence-corrected chi connectivity index (χ1v) is 12.2. The van der Waals surface area contributed by atoms with E-state index in [1.807, 2.05) is 0 Å². The second-order valence-electron chi connectivity index (χ2n) is 9.12. The van der Waals surface area contributed by atoms with Gasteiger partial charge in [-0.1, -0.05) is 6.07 Å². The number of hydrogen-bond donors (Lipinski definition) is 0. The summed E-state index contributed by atoms with van der Waals surface area (Å²) >= 11 is 0. The van der Waals surface area contributed by atoms with Gasteiger partial charge in [0.25, 0.3) is 5.56 Å². The van der Waals surface area contributed by atoms with E-state index in [1.54, 1.807) is 57.0 Å². The van der Waals surface area contributed by atoms with Crippen molar-refractivity contribution in [2.75, 3.05) is 26.4 Å². The number of carbonyl (C=O) groups is 1. The van der Waals surface area contributed by atoms with Crippen LogP contribution in [-0.4, -0.2) is 67.8 Å². The maximum atomic E-state index is 13.7. The van der Waals surface area contributed by atoms with Crippen LogP contribution in [0.2, 0.25) is 0 Å². The fraction of sp³-hybridized carbons (Fsp3) is 0.346. The Morgan fingerprint density at radius 1 is 1.11 bits per heavy atom. The number of fused-ring (bicyclic) bond motifs is 1. The number of aromatic nitrogens is 5. The van der Waals surface area contributed by atoms with Crippen LogP contribution in [0.25, 0.3) is 16.7 Å². The summed E-state index contributed by atoms with van der Waals surface area (Å²) in [4.78, 5) is 44.5. The highest BCUT2D eigenvalue weighted by Crippen LogP contribution is 2.26. The number of ether oxygens (including phenoxy) is 1. The van der Waals surface area contributed by atoms with E-state index in [-0.39, 0.29) is 23.7 Å². The Hall–Kier alpha value is -4.35. The third-order valence-corrected chi connectivity index (χ3v) is 6.69. The van der Waals surface area contributed by atoms with E-state index in [2.05, 4.69) is 10.1 Å². The number of nitrogens with zero attached hydrogens (tertiary/aromatic N) is 6. The Bertz CT molecular complexity index is 1520.